The molecule has 1 aromatic heterocycles. The summed E-state index contributed by atoms with van der Waals surface area (Å²) in [5.74, 6) is 0.802. The number of rotatable bonds is 7. The summed E-state index contributed by atoms with van der Waals surface area (Å²) in [6, 6.07) is 10.5. The van der Waals surface area contributed by atoms with Crippen molar-refractivity contribution < 1.29 is 4.74 Å². The van der Waals surface area contributed by atoms with Crippen LogP contribution in [-0.2, 0) is 20.2 Å². The smallest absolute Gasteiger partial charge is 0.212 e. The first-order valence-electron chi connectivity index (χ1n) is 7.11. The summed E-state index contributed by atoms with van der Waals surface area (Å²) in [6.07, 6.45) is 1.16. The van der Waals surface area contributed by atoms with Crippen LogP contribution in [0.5, 0.6) is 5.88 Å². The quantitative estimate of drug-likeness (QED) is 0.788. The fraction of sp³-hybridized carbons (Fsp3) is 0.438. The Labute approximate surface area is 120 Å². The van der Waals surface area contributed by atoms with Crippen molar-refractivity contribution in [3.63, 3.8) is 0 Å². The average Bonchev–Trinajstić information content (AvgIpc) is 2.76. The molecule has 0 atom stereocenters. The molecule has 4 nitrogen and oxygen atoms in total. The Morgan fingerprint density at radius 2 is 1.90 bits per heavy atom. The molecule has 0 radical (unpaired) electrons. The zero-order chi connectivity index (χ0) is 14.4. The Kier molecular flexibility index (Phi) is 5.18. The second-order valence-corrected chi connectivity index (χ2v) is 5.03. The van der Waals surface area contributed by atoms with E-state index in [1.165, 1.54) is 11.1 Å². The van der Waals surface area contributed by atoms with Crippen molar-refractivity contribution in [2.24, 2.45) is 7.05 Å². The van der Waals surface area contributed by atoms with E-state index >= 15 is 0 Å². The topological polar surface area (TPSA) is 39.1 Å². The summed E-state index contributed by atoms with van der Waals surface area (Å²) in [5, 5.41) is 7.66. The lowest BCUT2D eigenvalue weighted by atomic mass is 10.1. The summed E-state index contributed by atoms with van der Waals surface area (Å²) < 4.78 is 7.53. The number of hydrogen-bond acceptors (Lipinski definition) is 3. The number of nitrogens with zero attached hydrogens (tertiary/aromatic N) is 2. The minimum Gasteiger partial charge on any atom is -0.473 e. The third-order valence-electron chi connectivity index (χ3n) is 3.12. The first-order valence-corrected chi connectivity index (χ1v) is 7.11. The maximum Gasteiger partial charge on any atom is 0.212 e. The molecule has 20 heavy (non-hydrogen) atoms. The third-order valence-corrected chi connectivity index (χ3v) is 3.12. The summed E-state index contributed by atoms with van der Waals surface area (Å²) in [7, 11) is 1.89. The number of aromatic nitrogens is 2. The maximum atomic E-state index is 5.77. The van der Waals surface area contributed by atoms with Crippen LogP contribution in [0.4, 0.5) is 0 Å². The van der Waals surface area contributed by atoms with E-state index in [1.807, 2.05) is 20.0 Å². The lowest BCUT2D eigenvalue weighted by molar-refractivity contribution is 0.279. The Bertz CT molecular complexity index is 531. The van der Waals surface area contributed by atoms with E-state index in [2.05, 4.69) is 41.6 Å². The van der Waals surface area contributed by atoms with Gasteiger partial charge in [0.15, 0.2) is 0 Å². The van der Waals surface area contributed by atoms with Gasteiger partial charge < -0.3 is 10.1 Å². The molecule has 2 aromatic rings. The van der Waals surface area contributed by atoms with Crippen LogP contribution in [0, 0.1) is 6.92 Å². The molecule has 0 aliphatic rings. The first kappa shape index (κ1) is 14.6. The SMILES string of the molecule is CCCNCc1ccc(COc2cc(C)nn2C)cc1. The molecule has 108 valence electrons. The van der Waals surface area contributed by atoms with Crippen LogP contribution in [0.15, 0.2) is 30.3 Å². The fourth-order valence-electron chi connectivity index (χ4n) is 2.04. The van der Waals surface area contributed by atoms with Crippen LogP contribution in [0.1, 0.15) is 30.2 Å². The number of nitrogens with one attached hydrogen (secondary N) is 1. The molecule has 0 amide bonds. The molecule has 0 bridgehead atoms. The van der Waals surface area contributed by atoms with Crippen LogP contribution in [-0.4, -0.2) is 16.3 Å². The average molecular weight is 273 g/mol. The van der Waals surface area contributed by atoms with E-state index < -0.39 is 0 Å². The van der Waals surface area contributed by atoms with E-state index in [0.29, 0.717) is 6.61 Å². The minimum absolute atomic E-state index is 0.571. The molecule has 2 rings (SSSR count). The molecule has 4 heteroatoms. The van der Waals surface area contributed by atoms with Crippen molar-refractivity contribution in [1.82, 2.24) is 15.1 Å². The van der Waals surface area contributed by atoms with Gasteiger partial charge >= 0.3 is 0 Å². The summed E-state index contributed by atoms with van der Waals surface area (Å²) in [4.78, 5) is 0. The van der Waals surface area contributed by atoms with Gasteiger partial charge in [-0.2, -0.15) is 5.10 Å². The van der Waals surface area contributed by atoms with Crippen LogP contribution in [0.2, 0.25) is 0 Å². The zero-order valence-corrected chi connectivity index (χ0v) is 12.5. The normalized spacial score (nSPS) is 10.8. The monoisotopic (exact) mass is 273 g/mol. The molecule has 0 saturated carbocycles. The van der Waals surface area contributed by atoms with Gasteiger partial charge in [0.05, 0.1) is 5.69 Å². The van der Waals surface area contributed by atoms with Crippen molar-refractivity contribution in [3.8, 4) is 5.88 Å². The Balaban J connectivity index is 1.86. The highest BCUT2D eigenvalue weighted by Crippen LogP contribution is 2.13. The summed E-state index contributed by atoms with van der Waals surface area (Å²) >= 11 is 0. The van der Waals surface area contributed by atoms with Crippen molar-refractivity contribution in [1.29, 1.82) is 0 Å². The molecule has 0 unspecified atom stereocenters. The number of benzene rings is 1. The molecule has 0 fully saturated rings. The van der Waals surface area contributed by atoms with Crippen molar-refractivity contribution in [2.45, 2.75) is 33.4 Å². The highest BCUT2D eigenvalue weighted by atomic mass is 16.5. The van der Waals surface area contributed by atoms with Crippen molar-refractivity contribution >= 4 is 0 Å². The molecule has 0 spiro atoms. The number of aryl methyl sites for hydroxylation is 2. The van der Waals surface area contributed by atoms with Gasteiger partial charge in [-0.3, -0.25) is 0 Å². The standard InChI is InChI=1S/C16H23N3O/c1-4-9-17-11-14-5-7-15(8-6-14)12-20-16-10-13(2)18-19(16)3/h5-8,10,17H,4,9,11-12H2,1-3H3. The third kappa shape index (κ3) is 4.10. The Hall–Kier alpha value is -1.81. The van der Waals surface area contributed by atoms with Crippen molar-refractivity contribution in [3.05, 3.63) is 47.2 Å². The van der Waals surface area contributed by atoms with Gasteiger partial charge in [-0.25, -0.2) is 4.68 Å². The molecule has 1 aromatic carbocycles. The van der Waals surface area contributed by atoms with E-state index in [9.17, 15) is 0 Å². The van der Waals surface area contributed by atoms with Gasteiger partial charge in [0.2, 0.25) is 5.88 Å². The minimum atomic E-state index is 0.571. The van der Waals surface area contributed by atoms with E-state index in [1.54, 1.807) is 4.68 Å². The van der Waals surface area contributed by atoms with Gasteiger partial charge in [-0.1, -0.05) is 31.2 Å². The molecular formula is C16H23N3O. The summed E-state index contributed by atoms with van der Waals surface area (Å²) in [5.41, 5.74) is 3.45. The van der Waals surface area contributed by atoms with Gasteiger partial charge in [0, 0.05) is 19.7 Å². The van der Waals surface area contributed by atoms with Crippen molar-refractivity contribution in [2.75, 3.05) is 6.54 Å². The Morgan fingerprint density at radius 1 is 1.20 bits per heavy atom. The van der Waals surface area contributed by atoms with Gasteiger partial charge in [-0.05, 0) is 31.0 Å². The maximum absolute atomic E-state index is 5.77. The molecule has 0 aliphatic heterocycles. The largest absolute Gasteiger partial charge is 0.473 e. The Morgan fingerprint density at radius 3 is 2.50 bits per heavy atom. The zero-order valence-electron chi connectivity index (χ0n) is 12.5. The lowest BCUT2D eigenvalue weighted by Crippen LogP contribution is -2.13. The molecule has 0 saturated heterocycles. The van der Waals surface area contributed by atoms with E-state index in [0.717, 1.165) is 31.1 Å². The first-order chi connectivity index (χ1) is 9.69. The van der Waals surface area contributed by atoms with Crippen LogP contribution >= 0.6 is 0 Å². The highest BCUT2D eigenvalue weighted by molar-refractivity contribution is 5.23. The van der Waals surface area contributed by atoms with E-state index in [-0.39, 0.29) is 0 Å². The molecule has 1 N–H and O–H groups in total. The van der Waals surface area contributed by atoms with Gasteiger partial charge in [0.25, 0.3) is 0 Å². The van der Waals surface area contributed by atoms with Gasteiger partial charge in [-0.15, -0.1) is 0 Å². The second kappa shape index (κ2) is 7.10. The van der Waals surface area contributed by atoms with Crippen LogP contribution < -0.4 is 10.1 Å². The molecule has 1 heterocycles. The number of ether oxygens (including phenoxy) is 1. The fourth-order valence-corrected chi connectivity index (χ4v) is 2.04. The highest BCUT2D eigenvalue weighted by Gasteiger charge is 2.03. The summed E-state index contributed by atoms with van der Waals surface area (Å²) in [6.45, 7) is 6.70. The van der Waals surface area contributed by atoms with Gasteiger partial charge in [0.1, 0.15) is 6.61 Å². The molecule has 0 aliphatic carbocycles. The predicted octanol–water partition coefficient (Wildman–Crippen LogP) is 2.81. The van der Waals surface area contributed by atoms with E-state index in [4.69, 9.17) is 4.74 Å². The molecular weight excluding hydrogens is 250 g/mol. The number of hydrogen-bond donors (Lipinski definition) is 1. The predicted molar refractivity (Wildman–Crippen MR) is 80.7 cm³/mol. The second-order valence-electron chi connectivity index (χ2n) is 5.03. The van der Waals surface area contributed by atoms with Crippen LogP contribution in [0.3, 0.4) is 0 Å². The lowest BCUT2D eigenvalue weighted by Gasteiger charge is -2.07. The van der Waals surface area contributed by atoms with Crippen LogP contribution in [0.25, 0.3) is 0 Å².